The third kappa shape index (κ3) is 4.06. The van der Waals surface area contributed by atoms with Gasteiger partial charge in [-0.2, -0.15) is 0 Å². The topological polar surface area (TPSA) is 52.8 Å². The summed E-state index contributed by atoms with van der Waals surface area (Å²) < 4.78 is 0. The standard InChI is InChI=1S/C16H25NO2/c1-11(2)14(10-18)17-9-12-7-6-8-13(15(12)19)16(3,4)5/h6-9,11,14,18-19H,10H2,1-5H3/t14-/m0/s1. The van der Waals surface area contributed by atoms with Crippen LogP contribution in [0.15, 0.2) is 23.2 Å². The van der Waals surface area contributed by atoms with E-state index in [2.05, 4.69) is 25.8 Å². The van der Waals surface area contributed by atoms with Gasteiger partial charge in [-0.05, 0) is 23.0 Å². The third-order valence-electron chi connectivity index (χ3n) is 3.24. The molecule has 106 valence electrons. The molecule has 3 nitrogen and oxygen atoms in total. The van der Waals surface area contributed by atoms with Crippen LogP contribution in [0.4, 0.5) is 0 Å². The minimum atomic E-state index is -0.127. The molecule has 0 saturated heterocycles. The minimum Gasteiger partial charge on any atom is -0.507 e. The molecule has 3 heteroatoms. The number of hydrogen-bond acceptors (Lipinski definition) is 3. The van der Waals surface area contributed by atoms with Crippen molar-refractivity contribution in [2.45, 2.75) is 46.1 Å². The molecule has 19 heavy (non-hydrogen) atoms. The molecular formula is C16H25NO2. The molecule has 0 aromatic heterocycles. The molecule has 2 N–H and O–H groups in total. The smallest absolute Gasteiger partial charge is 0.128 e. The predicted octanol–water partition coefficient (Wildman–Crippen LogP) is 3.13. The van der Waals surface area contributed by atoms with Crippen LogP contribution < -0.4 is 0 Å². The average Bonchev–Trinajstić information content (AvgIpc) is 2.29. The fourth-order valence-electron chi connectivity index (χ4n) is 1.88. The van der Waals surface area contributed by atoms with Crippen molar-refractivity contribution in [2.75, 3.05) is 6.61 Å². The Morgan fingerprint density at radius 2 is 1.89 bits per heavy atom. The molecular weight excluding hydrogens is 238 g/mol. The van der Waals surface area contributed by atoms with E-state index in [0.29, 0.717) is 5.56 Å². The Hall–Kier alpha value is -1.35. The summed E-state index contributed by atoms with van der Waals surface area (Å²) in [6, 6.07) is 5.56. The number of para-hydroxylation sites is 1. The van der Waals surface area contributed by atoms with E-state index in [1.807, 2.05) is 32.0 Å². The van der Waals surface area contributed by atoms with Crippen molar-refractivity contribution in [3.8, 4) is 5.75 Å². The summed E-state index contributed by atoms with van der Waals surface area (Å²) in [5.41, 5.74) is 1.50. The molecule has 0 fully saturated rings. The van der Waals surface area contributed by atoms with Gasteiger partial charge in [-0.3, -0.25) is 4.99 Å². The van der Waals surface area contributed by atoms with Gasteiger partial charge < -0.3 is 10.2 Å². The van der Waals surface area contributed by atoms with Crippen LogP contribution in [0, 0.1) is 5.92 Å². The number of rotatable bonds is 4. The second-order valence-electron chi connectivity index (χ2n) is 6.27. The fourth-order valence-corrected chi connectivity index (χ4v) is 1.88. The zero-order chi connectivity index (χ0) is 14.6. The summed E-state index contributed by atoms with van der Waals surface area (Å²) >= 11 is 0. The maximum atomic E-state index is 10.3. The first-order valence-corrected chi connectivity index (χ1v) is 6.74. The zero-order valence-electron chi connectivity index (χ0n) is 12.5. The van der Waals surface area contributed by atoms with Gasteiger partial charge in [-0.1, -0.05) is 46.8 Å². The van der Waals surface area contributed by atoms with Gasteiger partial charge in [0, 0.05) is 11.8 Å². The van der Waals surface area contributed by atoms with Gasteiger partial charge in [0.25, 0.3) is 0 Å². The Labute approximate surface area is 116 Å². The molecule has 0 radical (unpaired) electrons. The van der Waals surface area contributed by atoms with Crippen LogP contribution in [0.5, 0.6) is 5.75 Å². The summed E-state index contributed by atoms with van der Waals surface area (Å²) in [6.07, 6.45) is 1.66. The van der Waals surface area contributed by atoms with Crippen molar-refractivity contribution >= 4 is 6.21 Å². The van der Waals surface area contributed by atoms with E-state index in [-0.39, 0.29) is 29.7 Å². The van der Waals surface area contributed by atoms with Crippen molar-refractivity contribution in [3.05, 3.63) is 29.3 Å². The van der Waals surface area contributed by atoms with Crippen molar-refractivity contribution in [1.29, 1.82) is 0 Å². The number of nitrogens with zero attached hydrogens (tertiary/aromatic N) is 1. The molecule has 0 aliphatic carbocycles. The first-order valence-electron chi connectivity index (χ1n) is 6.74. The maximum absolute atomic E-state index is 10.3. The average molecular weight is 263 g/mol. The first kappa shape index (κ1) is 15.7. The zero-order valence-corrected chi connectivity index (χ0v) is 12.5. The highest BCUT2D eigenvalue weighted by molar-refractivity contribution is 5.84. The van der Waals surface area contributed by atoms with Gasteiger partial charge in [0.2, 0.25) is 0 Å². The number of benzene rings is 1. The van der Waals surface area contributed by atoms with Crippen LogP contribution in [0.25, 0.3) is 0 Å². The number of phenols is 1. The van der Waals surface area contributed by atoms with E-state index in [9.17, 15) is 10.2 Å². The number of hydrogen-bond donors (Lipinski definition) is 2. The van der Waals surface area contributed by atoms with Gasteiger partial charge in [0.05, 0.1) is 12.6 Å². The molecule has 1 atom stereocenters. The molecule has 1 rings (SSSR count). The lowest BCUT2D eigenvalue weighted by Gasteiger charge is -2.21. The van der Waals surface area contributed by atoms with E-state index in [4.69, 9.17) is 0 Å². The number of aromatic hydroxyl groups is 1. The molecule has 1 aromatic carbocycles. The molecule has 0 aliphatic rings. The summed E-state index contributed by atoms with van der Waals surface area (Å²) in [6.45, 7) is 10.2. The minimum absolute atomic E-state index is 0.0217. The van der Waals surface area contributed by atoms with Gasteiger partial charge >= 0.3 is 0 Å². The SMILES string of the molecule is CC(C)[C@H](CO)N=Cc1cccc(C(C)(C)C)c1O. The summed E-state index contributed by atoms with van der Waals surface area (Å²) in [4.78, 5) is 4.36. The van der Waals surface area contributed by atoms with E-state index < -0.39 is 0 Å². The second kappa shape index (κ2) is 6.20. The number of aliphatic hydroxyl groups is 1. The number of phenolic OH excluding ortho intramolecular Hbond substituents is 1. The largest absolute Gasteiger partial charge is 0.507 e. The highest BCUT2D eigenvalue weighted by Gasteiger charge is 2.19. The molecule has 0 bridgehead atoms. The van der Waals surface area contributed by atoms with Crippen LogP contribution in [-0.2, 0) is 5.41 Å². The molecule has 0 aliphatic heterocycles. The van der Waals surface area contributed by atoms with Gasteiger partial charge in [0.15, 0.2) is 0 Å². The van der Waals surface area contributed by atoms with E-state index in [1.54, 1.807) is 6.21 Å². The van der Waals surface area contributed by atoms with Gasteiger partial charge in [-0.15, -0.1) is 0 Å². The third-order valence-corrected chi connectivity index (χ3v) is 3.24. The van der Waals surface area contributed by atoms with Crippen LogP contribution in [0.2, 0.25) is 0 Å². The van der Waals surface area contributed by atoms with E-state index in [1.165, 1.54) is 0 Å². The molecule has 1 aromatic rings. The Morgan fingerprint density at radius 3 is 2.37 bits per heavy atom. The Balaban J connectivity index is 3.06. The monoisotopic (exact) mass is 263 g/mol. The van der Waals surface area contributed by atoms with Crippen LogP contribution >= 0.6 is 0 Å². The lowest BCUT2D eigenvalue weighted by molar-refractivity contribution is 0.240. The van der Waals surface area contributed by atoms with Crippen LogP contribution in [-0.4, -0.2) is 29.1 Å². The molecule has 0 unspecified atom stereocenters. The number of aliphatic hydroxyl groups excluding tert-OH is 1. The van der Waals surface area contributed by atoms with Gasteiger partial charge in [-0.25, -0.2) is 0 Å². The van der Waals surface area contributed by atoms with Gasteiger partial charge in [0.1, 0.15) is 5.75 Å². The van der Waals surface area contributed by atoms with Crippen molar-refractivity contribution in [1.82, 2.24) is 0 Å². The molecule has 0 spiro atoms. The predicted molar refractivity (Wildman–Crippen MR) is 80.1 cm³/mol. The van der Waals surface area contributed by atoms with Crippen LogP contribution in [0.3, 0.4) is 0 Å². The summed E-state index contributed by atoms with van der Waals surface area (Å²) in [5.74, 6) is 0.549. The lowest BCUT2D eigenvalue weighted by Crippen LogP contribution is -2.18. The normalized spacial score (nSPS) is 14.3. The van der Waals surface area contributed by atoms with Crippen LogP contribution in [0.1, 0.15) is 45.7 Å². The summed E-state index contributed by atoms with van der Waals surface area (Å²) in [5, 5.41) is 19.5. The maximum Gasteiger partial charge on any atom is 0.128 e. The second-order valence-corrected chi connectivity index (χ2v) is 6.27. The lowest BCUT2D eigenvalue weighted by atomic mass is 9.85. The Bertz CT molecular complexity index is 445. The first-order chi connectivity index (χ1) is 8.77. The van der Waals surface area contributed by atoms with Crippen molar-refractivity contribution in [3.63, 3.8) is 0 Å². The van der Waals surface area contributed by atoms with E-state index in [0.717, 1.165) is 5.56 Å². The Kier molecular flexibility index (Phi) is 5.12. The highest BCUT2D eigenvalue weighted by atomic mass is 16.3. The summed E-state index contributed by atoms with van der Waals surface area (Å²) in [7, 11) is 0. The Morgan fingerprint density at radius 1 is 1.26 bits per heavy atom. The number of aliphatic imine (C=N–C) groups is 1. The highest BCUT2D eigenvalue weighted by Crippen LogP contribution is 2.32. The quantitative estimate of drug-likeness (QED) is 0.820. The molecule has 0 heterocycles. The molecule has 0 amide bonds. The van der Waals surface area contributed by atoms with Crippen molar-refractivity contribution < 1.29 is 10.2 Å². The molecule has 0 saturated carbocycles. The van der Waals surface area contributed by atoms with E-state index >= 15 is 0 Å². The fraction of sp³-hybridized carbons (Fsp3) is 0.562. The van der Waals surface area contributed by atoms with Crippen molar-refractivity contribution in [2.24, 2.45) is 10.9 Å².